The van der Waals surface area contributed by atoms with Crippen molar-refractivity contribution in [3.05, 3.63) is 40.4 Å². The van der Waals surface area contributed by atoms with Crippen molar-refractivity contribution in [2.75, 3.05) is 7.05 Å². The SMILES string of the molecule is CCc1ccc(-c2nc3c(s2)CCCC3NC)cc1. The van der Waals surface area contributed by atoms with Crippen molar-refractivity contribution in [2.24, 2.45) is 0 Å². The highest BCUT2D eigenvalue weighted by Gasteiger charge is 2.23. The standard InChI is InChI=1S/C16H20N2S/c1-3-11-7-9-12(10-8-11)16-18-15-13(17-2)5-4-6-14(15)19-16/h7-10,13,17H,3-6H2,1-2H3. The number of aryl methyl sites for hydroxylation is 2. The Labute approximate surface area is 118 Å². The van der Waals surface area contributed by atoms with E-state index in [1.165, 1.54) is 46.0 Å². The number of nitrogens with one attached hydrogen (secondary N) is 1. The van der Waals surface area contributed by atoms with Crippen LogP contribution in [0.5, 0.6) is 0 Å². The van der Waals surface area contributed by atoms with Gasteiger partial charge in [-0.15, -0.1) is 11.3 Å². The number of hydrogen-bond acceptors (Lipinski definition) is 3. The Bertz CT molecular complexity index is 557. The highest BCUT2D eigenvalue weighted by Crippen LogP contribution is 2.36. The van der Waals surface area contributed by atoms with Crippen molar-refractivity contribution in [3.63, 3.8) is 0 Å². The molecule has 0 spiro atoms. The van der Waals surface area contributed by atoms with Crippen LogP contribution in [0.1, 0.15) is 41.9 Å². The average molecular weight is 272 g/mol. The largest absolute Gasteiger partial charge is 0.312 e. The van der Waals surface area contributed by atoms with Crippen molar-refractivity contribution < 1.29 is 0 Å². The van der Waals surface area contributed by atoms with E-state index in [-0.39, 0.29) is 0 Å². The molecule has 3 heteroatoms. The van der Waals surface area contributed by atoms with Gasteiger partial charge in [0.05, 0.1) is 11.7 Å². The molecule has 1 aromatic heterocycles. The van der Waals surface area contributed by atoms with Gasteiger partial charge in [0.25, 0.3) is 0 Å². The first kappa shape index (κ1) is 12.8. The molecule has 0 bridgehead atoms. The van der Waals surface area contributed by atoms with E-state index in [9.17, 15) is 0 Å². The van der Waals surface area contributed by atoms with Gasteiger partial charge in [-0.25, -0.2) is 4.98 Å². The molecular formula is C16H20N2S. The van der Waals surface area contributed by atoms with Gasteiger partial charge in [0.15, 0.2) is 0 Å². The van der Waals surface area contributed by atoms with Crippen LogP contribution in [0.2, 0.25) is 0 Å². The van der Waals surface area contributed by atoms with E-state index in [0.717, 1.165) is 6.42 Å². The summed E-state index contributed by atoms with van der Waals surface area (Å²) in [5.41, 5.74) is 3.93. The van der Waals surface area contributed by atoms with Gasteiger partial charge in [0.2, 0.25) is 0 Å². The fourth-order valence-electron chi connectivity index (χ4n) is 2.71. The Balaban J connectivity index is 1.95. The Morgan fingerprint density at radius 1 is 1.32 bits per heavy atom. The summed E-state index contributed by atoms with van der Waals surface area (Å²) in [5.74, 6) is 0. The third-order valence-electron chi connectivity index (χ3n) is 3.91. The highest BCUT2D eigenvalue weighted by atomic mass is 32.1. The van der Waals surface area contributed by atoms with Gasteiger partial charge >= 0.3 is 0 Å². The molecule has 100 valence electrons. The minimum atomic E-state index is 0.448. The summed E-state index contributed by atoms with van der Waals surface area (Å²) in [6.45, 7) is 2.19. The summed E-state index contributed by atoms with van der Waals surface area (Å²) >= 11 is 1.87. The lowest BCUT2D eigenvalue weighted by molar-refractivity contribution is 0.490. The second-order valence-corrected chi connectivity index (χ2v) is 6.20. The minimum absolute atomic E-state index is 0.448. The van der Waals surface area contributed by atoms with E-state index in [0.29, 0.717) is 6.04 Å². The predicted octanol–water partition coefficient (Wildman–Crippen LogP) is 3.97. The van der Waals surface area contributed by atoms with Crippen LogP contribution in [-0.2, 0) is 12.8 Å². The van der Waals surface area contributed by atoms with Gasteiger partial charge in [-0.05, 0) is 38.3 Å². The summed E-state index contributed by atoms with van der Waals surface area (Å²) in [6.07, 6.45) is 4.77. The molecule has 1 unspecified atom stereocenters. The normalized spacial score (nSPS) is 18.3. The van der Waals surface area contributed by atoms with Crippen LogP contribution >= 0.6 is 11.3 Å². The zero-order valence-electron chi connectivity index (χ0n) is 11.6. The number of nitrogens with zero attached hydrogens (tertiary/aromatic N) is 1. The summed E-state index contributed by atoms with van der Waals surface area (Å²) in [7, 11) is 2.04. The lowest BCUT2D eigenvalue weighted by Crippen LogP contribution is -2.21. The monoisotopic (exact) mass is 272 g/mol. The van der Waals surface area contributed by atoms with Crippen molar-refractivity contribution in [1.29, 1.82) is 0 Å². The van der Waals surface area contributed by atoms with Gasteiger partial charge in [-0.2, -0.15) is 0 Å². The molecule has 2 aromatic rings. The zero-order chi connectivity index (χ0) is 13.2. The first-order valence-electron chi connectivity index (χ1n) is 7.08. The Morgan fingerprint density at radius 3 is 2.79 bits per heavy atom. The molecule has 1 aromatic carbocycles. The lowest BCUT2D eigenvalue weighted by Gasteiger charge is -2.19. The first-order valence-corrected chi connectivity index (χ1v) is 7.89. The smallest absolute Gasteiger partial charge is 0.123 e. The zero-order valence-corrected chi connectivity index (χ0v) is 12.4. The van der Waals surface area contributed by atoms with Crippen LogP contribution in [0.4, 0.5) is 0 Å². The van der Waals surface area contributed by atoms with E-state index in [1.54, 1.807) is 0 Å². The van der Waals surface area contributed by atoms with Crippen molar-refractivity contribution in [3.8, 4) is 10.6 Å². The van der Waals surface area contributed by atoms with Crippen molar-refractivity contribution in [1.82, 2.24) is 10.3 Å². The van der Waals surface area contributed by atoms with Crippen molar-refractivity contribution in [2.45, 2.75) is 38.6 Å². The fourth-order valence-corrected chi connectivity index (χ4v) is 3.88. The maximum absolute atomic E-state index is 4.88. The van der Waals surface area contributed by atoms with Gasteiger partial charge in [-0.1, -0.05) is 31.2 Å². The third kappa shape index (κ3) is 2.45. The Hall–Kier alpha value is -1.19. The van der Waals surface area contributed by atoms with Crippen LogP contribution in [0.25, 0.3) is 10.6 Å². The first-order chi connectivity index (χ1) is 9.31. The van der Waals surface area contributed by atoms with E-state index in [4.69, 9.17) is 4.98 Å². The molecule has 1 atom stereocenters. The number of thiazole rings is 1. The van der Waals surface area contributed by atoms with Crippen LogP contribution in [0.15, 0.2) is 24.3 Å². The van der Waals surface area contributed by atoms with E-state index >= 15 is 0 Å². The van der Waals surface area contributed by atoms with Gasteiger partial charge in [0, 0.05) is 10.4 Å². The number of hydrogen-bond donors (Lipinski definition) is 1. The van der Waals surface area contributed by atoms with Gasteiger partial charge in [0.1, 0.15) is 5.01 Å². The maximum atomic E-state index is 4.88. The topological polar surface area (TPSA) is 24.9 Å². The van der Waals surface area contributed by atoms with Crippen molar-refractivity contribution >= 4 is 11.3 Å². The fraction of sp³-hybridized carbons (Fsp3) is 0.438. The average Bonchev–Trinajstić information content (AvgIpc) is 2.91. The number of fused-ring (bicyclic) bond motifs is 1. The summed E-state index contributed by atoms with van der Waals surface area (Å²) in [4.78, 5) is 6.36. The van der Waals surface area contributed by atoms with Crippen LogP contribution in [0, 0.1) is 0 Å². The molecule has 19 heavy (non-hydrogen) atoms. The lowest BCUT2D eigenvalue weighted by atomic mass is 9.98. The van der Waals surface area contributed by atoms with Crippen LogP contribution in [0.3, 0.4) is 0 Å². The quantitative estimate of drug-likeness (QED) is 0.914. The Kier molecular flexibility index (Phi) is 3.67. The number of rotatable bonds is 3. The summed E-state index contributed by atoms with van der Waals surface area (Å²) in [5, 5.41) is 4.56. The predicted molar refractivity (Wildman–Crippen MR) is 81.7 cm³/mol. The summed E-state index contributed by atoms with van der Waals surface area (Å²) in [6, 6.07) is 9.29. The second-order valence-electron chi connectivity index (χ2n) is 5.11. The number of benzene rings is 1. The maximum Gasteiger partial charge on any atom is 0.123 e. The molecule has 0 radical (unpaired) electrons. The highest BCUT2D eigenvalue weighted by molar-refractivity contribution is 7.15. The molecule has 2 nitrogen and oxygen atoms in total. The molecule has 0 saturated carbocycles. The molecule has 0 aliphatic heterocycles. The van der Waals surface area contributed by atoms with Gasteiger partial charge < -0.3 is 5.32 Å². The second kappa shape index (κ2) is 5.43. The van der Waals surface area contributed by atoms with E-state index < -0.39 is 0 Å². The Morgan fingerprint density at radius 2 is 2.11 bits per heavy atom. The van der Waals surface area contributed by atoms with E-state index in [2.05, 4.69) is 36.5 Å². The third-order valence-corrected chi connectivity index (χ3v) is 5.09. The van der Waals surface area contributed by atoms with E-state index in [1.807, 2.05) is 18.4 Å². The van der Waals surface area contributed by atoms with Gasteiger partial charge in [-0.3, -0.25) is 0 Å². The molecule has 1 heterocycles. The molecule has 1 aliphatic carbocycles. The summed E-state index contributed by atoms with van der Waals surface area (Å²) < 4.78 is 0. The molecule has 1 aliphatic rings. The molecule has 3 rings (SSSR count). The number of aromatic nitrogens is 1. The molecular weight excluding hydrogens is 252 g/mol. The van der Waals surface area contributed by atoms with Crippen LogP contribution < -0.4 is 5.32 Å². The molecule has 1 N–H and O–H groups in total. The molecule has 0 fully saturated rings. The molecule has 0 saturated heterocycles. The minimum Gasteiger partial charge on any atom is -0.312 e. The molecule has 0 amide bonds. The van der Waals surface area contributed by atoms with Crippen LogP contribution in [-0.4, -0.2) is 12.0 Å².